The number of sulfonamides is 1. The highest BCUT2D eigenvalue weighted by Crippen LogP contribution is 2.25. The SMILES string of the molecule is CCN(CC)S(=O)(=O)c1ccc(CCNC(=NC)NC(C)C)s1. The Morgan fingerprint density at radius 3 is 2.48 bits per heavy atom. The summed E-state index contributed by atoms with van der Waals surface area (Å²) >= 11 is 1.34. The van der Waals surface area contributed by atoms with Gasteiger partial charge in [-0.2, -0.15) is 4.31 Å². The average Bonchev–Trinajstić information content (AvgIpc) is 2.96. The van der Waals surface area contributed by atoms with E-state index >= 15 is 0 Å². The Kier molecular flexibility index (Phi) is 8.01. The van der Waals surface area contributed by atoms with Crippen LogP contribution in [0.25, 0.3) is 0 Å². The van der Waals surface area contributed by atoms with Crippen LogP contribution in [0.15, 0.2) is 21.3 Å². The molecule has 0 radical (unpaired) electrons. The van der Waals surface area contributed by atoms with Gasteiger partial charge in [-0.3, -0.25) is 4.99 Å². The Labute approximate surface area is 144 Å². The summed E-state index contributed by atoms with van der Waals surface area (Å²) in [6.07, 6.45) is 0.761. The fourth-order valence-electron chi connectivity index (χ4n) is 2.09. The molecule has 1 aromatic heterocycles. The van der Waals surface area contributed by atoms with E-state index < -0.39 is 10.0 Å². The summed E-state index contributed by atoms with van der Waals surface area (Å²) in [7, 11) is -1.61. The number of rotatable bonds is 8. The van der Waals surface area contributed by atoms with Gasteiger partial charge in [0.05, 0.1) is 0 Å². The number of nitrogens with zero attached hydrogens (tertiary/aromatic N) is 2. The van der Waals surface area contributed by atoms with E-state index in [1.165, 1.54) is 15.6 Å². The van der Waals surface area contributed by atoms with Gasteiger partial charge in [0.1, 0.15) is 4.21 Å². The summed E-state index contributed by atoms with van der Waals surface area (Å²) in [6.45, 7) is 9.50. The van der Waals surface area contributed by atoms with Crippen LogP contribution in [0.4, 0.5) is 0 Å². The number of guanidine groups is 1. The second-order valence-electron chi connectivity index (χ2n) is 5.36. The molecule has 8 heteroatoms. The van der Waals surface area contributed by atoms with Crippen LogP contribution in [0.2, 0.25) is 0 Å². The van der Waals surface area contributed by atoms with Gasteiger partial charge in [-0.1, -0.05) is 13.8 Å². The molecule has 0 aromatic carbocycles. The van der Waals surface area contributed by atoms with Gasteiger partial charge in [0.15, 0.2) is 5.96 Å². The summed E-state index contributed by atoms with van der Waals surface area (Å²) < 4.78 is 26.8. The summed E-state index contributed by atoms with van der Waals surface area (Å²) in [6, 6.07) is 3.91. The average molecular weight is 361 g/mol. The number of hydrogen-bond acceptors (Lipinski definition) is 4. The first-order chi connectivity index (χ1) is 10.8. The van der Waals surface area contributed by atoms with E-state index in [1.807, 2.05) is 19.9 Å². The number of hydrogen-bond donors (Lipinski definition) is 2. The van der Waals surface area contributed by atoms with E-state index in [0.29, 0.717) is 29.9 Å². The van der Waals surface area contributed by atoms with Crippen molar-refractivity contribution in [2.75, 3.05) is 26.7 Å². The molecule has 23 heavy (non-hydrogen) atoms. The zero-order chi connectivity index (χ0) is 17.5. The van der Waals surface area contributed by atoms with Gasteiger partial charge in [-0.25, -0.2) is 8.42 Å². The minimum atomic E-state index is -3.35. The van der Waals surface area contributed by atoms with Crippen molar-refractivity contribution in [3.05, 3.63) is 17.0 Å². The van der Waals surface area contributed by atoms with Crippen molar-refractivity contribution in [3.8, 4) is 0 Å². The van der Waals surface area contributed by atoms with Gasteiger partial charge in [-0.15, -0.1) is 11.3 Å². The molecule has 6 nitrogen and oxygen atoms in total. The molecule has 0 fully saturated rings. The smallest absolute Gasteiger partial charge is 0.252 e. The Balaban J connectivity index is 2.64. The molecule has 0 saturated carbocycles. The Morgan fingerprint density at radius 2 is 1.96 bits per heavy atom. The van der Waals surface area contributed by atoms with Crippen molar-refractivity contribution in [3.63, 3.8) is 0 Å². The largest absolute Gasteiger partial charge is 0.356 e. The summed E-state index contributed by atoms with van der Waals surface area (Å²) in [5.41, 5.74) is 0. The molecule has 0 spiro atoms. The normalized spacial score (nSPS) is 12.9. The zero-order valence-electron chi connectivity index (χ0n) is 14.6. The molecule has 0 aliphatic rings. The van der Waals surface area contributed by atoms with Gasteiger partial charge in [0, 0.05) is 37.6 Å². The van der Waals surface area contributed by atoms with Gasteiger partial charge in [0.2, 0.25) is 0 Å². The van der Waals surface area contributed by atoms with Crippen LogP contribution in [-0.2, 0) is 16.4 Å². The molecule has 0 unspecified atom stereocenters. The molecule has 0 atom stereocenters. The first kappa shape index (κ1) is 19.9. The second kappa shape index (κ2) is 9.24. The van der Waals surface area contributed by atoms with Crippen LogP contribution in [0, 0.1) is 0 Å². The van der Waals surface area contributed by atoms with Crippen LogP contribution < -0.4 is 10.6 Å². The molecule has 0 bridgehead atoms. The molecular formula is C15H28N4O2S2. The van der Waals surface area contributed by atoms with Crippen molar-refractivity contribution in [1.82, 2.24) is 14.9 Å². The third-order valence-electron chi connectivity index (χ3n) is 3.25. The molecule has 1 rings (SSSR count). The van der Waals surface area contributed by atoms with E-state index in [9.17, 15) is 8.42 Å². The highest BCUT2D eigenvalue weighted by atomic mass is 32.2. The van der Waals surface area contributed by atoms with Gasteiger partial charge in [-0.05, 0) is 32.4 Å². The third kappa shape index (κ3) is 5.78. The molecule has 0 aliphatic carbocycles. The minimum Gasteiger partial charge on any atom is -0.356 e. The van der Waals surface area contributed by atoms with E-state index in [2.05, 4.69) is 29.5 Å². The molecule has 2 N–H and O–H groups in total. The van der Waals surface area contributed by atoms with Crippen LogP contribution in [-0.4, -0.2) is 51.4 Å². The Hall–Kier alpha value is -1.12. The maximum absolute atomic E-state index is 12.4. The lowest BCUT2D eigenvalue weighted by Crippen LogP contribution is -2.41. The number of thiophene rings is 1. The highest BCUT2D eigenvalue weighted by Gasteiger charge is 2.23. The van der Waals surface area contributed by atoms with Crippen molar-refractivity contribution in [2.45, 2.75) is 44.4 Å². The van der Waals surface area contributed by atoms with Crippen LogP contribution in [0.1, 0.15) is 32.6 Å². The Bertz CT molecular complexity index is 605. The van der Waals surface area contributed by atoms with Gasteiger partial charge >= 0.3 is 0 Å². The molecule has 132 valence electrons. The lowest BCUT2D eigenvalue weighted by Gasteiger charge is -2.16. The fraction of sp³-hybridized carbons (Fsp3) is 0.667. The van der Waals surface area contributed by atoms with Crippen molar-refractivity contribution < 1.29 is 8.42 Å². The van der Waals surface area contributed by atoms with E-state index in [4.69, 9.17) is 0 Å². The molecule has 0 amide bonds. The van der Waals surface area contributed by atoms with Crippen molar-refractivity contribution >= 4 is 27.3 Å². The first-order valence-corrected chi connectivity index (χ1v) is 10.2. The van der Waals surface area contributed by atoms with E-state index in [1.54, 1.807) is 13.1 Å². The molecule has 0 saturated heterocycles. The second-order valence-corrected chi connectivity index (χ2v) is 8.69. The monoisotopic (exact) mass is 360 g/mol. The van der Waals surface area contributed by atoms with Crippen LogP contribution in [0.5, 0.6) is 0 Å². The maximum atomic E-state index is 12.4. The predicted octanol–water partition coefficient (Wildman–Crippen LogP) is 1.89. The lowest BCUT2D eigenvalue weighted by molar-refractivity contribution is 0.447. The zero-order valence-corrected chi connectivity index (χ0v) is 16.2. The van der Waals surface area contributed by atoms with E-state index in [0.717, 1.165) is 17.3 Å². The number of aliphatic imine (C=N–C) groups is 1. The maximum Gasteiger partial charge on any atom is 0.252 e. The topological polar surface area (TPSA) is 73.8 Å². The summed E-state index contributed by atoms with van der Waals surface area (Å²) in [4.78, 5) is 5.19. The fourth-order valence-corrected chi connectivity index (χ4v) is 5.06. The predicted molar refractivity (Wildman–Crippen MR) is 97.8 cm³/mol. The minimum absolute atomic E-state index is 0.314. The van der Waals surface area contributed by atoms with Crippen LogP contribution in [0.3, 0.4) is 0 Å². The third-order valence-corrected chi connectivity index (χ3v) is 6.91. The summed E-state index contributed by atoms with van der Waals surface area (Å²) in [5.74, 6) is 0.757. The standard InChI is InChI=1S/C15H28N4O2S2/c1-6-19(7-2)23(20,21)14-9-8-13(22-14)10-11-17-15(16-5)18-12(3)4/h8-9,12H,6-7,10-11H2,1-5H3,(H2,16,17,18). The molecular weight excluding hydrogens is 332 g/mol. The number of nitrogens with one attached hydrogen (secondary N) is 2. The lowest BCUT2D eigenvalue weighted by atomic mass is 10.3. The van der Waals surface area contributed by atoms with Crippen LogP contribution >= 0.6 is 11.3 Å². The first-order valence-electron chi connectivity index (χ1n) is 7.91. The molecule has 1 heterocycles. The highest BCUT2D eigenvalue weighted by molar-refractivity contribution is 7.91. The van der Waals surface area contributed by atoms with Gasteiger partial charge < -0.3 is 10.6 Å². The van der Waals surface area contributed by atoms with Crippen molar-refractivity contribution in [2.24, 2.45) is 4.99 Å². The van der Waals surface area contributed by atoms with E-state index in [-0.39, 0.29) is 0 Å². The Morgan fingerprint density at radius 1 is 1.30 bits per heavy atom. The molecule has 1 aromatic rings. The summed E-state index contributed by atoms with van der Waals surface area (Å²) in [5, 5.41) is 6.44. The van der Waals surface area contributed by atoms with Crippen molar-refractivity contribution in [1.29, 1.82) is 0 Å². The molecule has 0 aliphatic heterocycles. The van der Waals surface area contributed by atoms with Gasteiger partial charge in [0.25, 0.3) is 10.0 Å². The quantitative estimate of drug-likeness (QED) is 0.548.